The van der Waals surface area contributed by atoms with Crippen LogP contribution in [0.1, 0.15) is 10.4 Å². The number of rotatable bonds is 2. The van der Waals surface area contributed by atoms with Gasteiger partial charge in [0.2, 0.25) is 3.79 Å². The van der Waals surface area contributed by atoms with Crippen molar-refractivity contribution in [3.63, 3.8) is 0 Å². The second kappa shape index (κ2) is 5.36. The van der Waals surface area contributed by atoms with Gasteiger partial charge in [0.25, 0.3) is 0 Å². The van der Waals surface area contributed by atoms with Gasteiger partial charge in [-0.3, -0.25) is 4.79 Å². The topological polar surface area (TPSA) is 63.3 Å². The van der Waals surface area contributed by atoms with E-state index in [2.05, 4.69) is 0 Å². The van der Waals surface area contributed by atoms with Crippen molar-refractivity contribution >= 4 is 52.2 Å². The first kappa shape index (κ1) is 14.5. The Morgan fingerprint density at radius 2 is 1.94 bits per heavy atom. The summed E-state index contributed by atoms with van der Waals surface area (Å²) < 4.78 is -1.87. The highest BCUT2D eigenvalue weighted by Crippen LogP contribution is 2.32. The third-order valence-corrected chi connectivity index (χ3v) is 2.73. The molecule has 0 atom stereocenters. The minimum atomic E-state index is -1.87. The van der Waals surface area contributed by atoms with E-state index in [0.29, 0.717) is 5.02 Å². The fourth-order valence-electron chi connectivity index (χ4n) is 1.01. The number of ketones is 1. The van der Waals surface area contributed by atoms with Crippen molar-refractivity contribution in [3.05, 3.63) is 40.6 Å². The predicted octanol–water partition coefficient (Wildman–Crippen LogP) is 3.44. The van der Waals surface area contributed by atoms with Crippen LogP contribution < -0.4 is 5.73 Å². The quantitative estimate of drug-likeness (QED) is 0.499. The lowest BCUT2D eigenvalue weighted by Crippen LogP contribution is -2.17. The lowest BCUT2D eigenvalue weighted by atomic mass is 10.1. The Labute approximate surface area is 118 Å². The van der Waals surface area contributed by atoms with Gasteiger partial charge in [-0.1, -0.05) is 46.4 Å². The molecule has 0 spiro atoms. The van der Waals surface area contributed by atoms with E-state index in [4.69, 9.17) is 52.1 Å². The van der Waals surface area contributed by atoms with E-state index in [1.54, 1.807) is 0 Å². The number of carbonyl (C=O) groups excluding carboxylic acids is 1. The Bertz CT molecular complexity index is 480. The van der Waals surface area contributed by atoms with Crippen LogP contribution in [0.15, 0.2) is 30.0 Å². The van der Waals surface area contributed by atoms with Gasteiger partial charge in [0.15, 0.2) is 5.78 Å². The van der Waals surface area contributed by atoms with Crippen molar-refractivity contribution < 1.29 is 9.90 Å². The number of allylic oxidation sites excluding steroid dienone is 2. The number of halogens is 4. The zero-order valence-electron chi connectivity index (χ0n) is 8.25. The lowest BCUT2D eigenvalue weighted by Gasteiger charge is -2.10. The van der Waals surface area contributed by atoms with Crippen molar-refractivity contribution in [2.45, 2.75) is 3.79 Å². The summed E-state index contributed by atoms with van der Waals surface area (Å²) in [5, 5.41) is 9.77. The monoisotopic (exact) mass is 313 g/mol. The molecule has 3 nitrogen and oxygen atoms in total. The van der Waals surface area contributed by atoms with Crippen LogP contribution in [0.4, 0.5) is 0 Å². The standard InChI is InChI=1S/C10H7Cl4NO2/c11-5-1-2-7(16)6(3-5)8(17)4-9(15)10(12,13)14/h1-4,16H,15H2/b9-4-. The maximum absolute atomic E-state index is 11.7. The first-order valence-electron chi connectivity index (χ1n) is 4.29. The van der Waals surface area contributed by atoms with Crippen LogP contribution in [0.25, 0.3) is 0 Å². The Morgan fingerprint density at radius 1 is 1.35 bits per heavy atom. The molecular formula is C10H7Cl4NO2. The minimum Gasteiger partial charge on any atom is -0.507 e. The molecule has 0 aromatic heterocycles. The number of phenols is 1. The summed E-state index contributed by atoms with van der Waals surface area (Å²) in [6.07, 6.45) is 0.929. The molecule has 0 saturated carbocycles. The molecule has 0 unspecified atom stereocenters. The van der Waals surface area contributed by atoms with Gasteiger partial charge < -0.3 is 10.8 Å². The SMILES string of the molecule is N/C(=C\C(=O)c1cc(Cl)ccc1O)C(Cl)(Cl)Cl. The molecule has 17 heavy (non-hydrogen) atoms. The van der Waals surface area contributed by atoms with Crippen LogP contribution >= 0.6 is 46.4 Å². The first-order chi connectivity index (χ1) is 7.71. The molecule has 0 bridgehead atoms. The molecule has 0 saturated heterocycles. The minimum absolute atomic E-state index is 0.0188. The van der Waals surface area contributed by atoms with Crippen LogP contribution in [-0.4, -0.2) is 14.7 Å². The van der Waals surface area contributed by atoms with E-state index in [0.717, 1.165) is 6.08 Å². The van der Waals surface area contributed by atoms with Gasteiger partial charge in [-0.2, -0.15) is 0 Å². The number of hydrogen-bond acceptors (Lipinski definition) is 3. The highest BCUT2D eigenvalue weighted by molar-refractivity contribution is 6.69. The van der Waals surface area contributed by atoms with Crippen LogP contribution in [0.5, 0.6) is 5.75 Å². The molecule has 0 heterocycles. The molecule has 92 valence electrons. The number of carbonyl (C=O) groups is 1. The highest BCUT2D eigenvalue weighted by Gasteiger charge is 2.24. The van der Waals surface area contributed by atoms with Crippen molar-refractivity contribution in [2.24, 2.45) is 5.73 Å². The van der Waals surface area contributed by atoms with E-state index in [1.165, 1.54) is 18.2 Å². The summed E-state index contributed by atoms with van der Waals surface area (Å²) >= 11 is 22.1. The van der Waals surface area contributed by atoms with Gasteiger partial charge in [0.05, 0.1) is 11.3 Å². The van der Waals surface area contributed by atoms with E-state index >= 15 is 0 Å². The number of phenolic OH excluding ortho intramolecular Hbond substituents is 1. The van der Waals surface area contributed by atoms with Gasteiger partial charge in [-0.05, 0) is 18.2 Å². The van der Waals surface area contributed by atoms with Gasteiger partial charge in [-0.25, -0.2) is 0 Å². The average Bonchev–Trinajstić information content (AvgIpc) is 2.20. The zero-order valence-corrected chi connectivity index (χ0v) is 11.3. The third-order valence-electron chi connectivity index (χ3n) is 1.84. The Hall–Kier alpha value is -0.610. The lowest BCUT2D eigenvalue weighted by molar-refractivity contribution is 0.104. The number of nitrogens with two attached hydrogens (primary N) is 1. The molecule has 0 amide bonds. The van der Waals surface area contributed by atoms with Crippen LogP contribution in [-0.2, 0) is 0 Å². The van der Waals surface area contributed by atoms with Gasteiger partial charge in [0, 0.05) is 11.1 Å². The summed E-state index contributed by atoms with van der Waals surface area (Å²) in [6, 6.07) is 4.02. The molecule has 0 aliphatic heterocycles. The van der Waals surface area contributed by atoms with E-state index < -0.39 is 9.58 Å². The summed E-state index contributed by atoms with van der Waals surface area (Å²) in [5.41, 5.74) is 5.14. The second-order valence-corrected chi connectivity index (χ2v) is 5.84. The average molecular weight is 315 g/mol. The highest BCUT2D eigenvalue weighted by atomic mass is 35.6. The summed E-state index contributed by atoms with van der Waals surface area (Å²) in [6.45, 7) is 0. The normalized spacial score (nSPS) is 12.6. The van der Waals surface area contributed by atoms with Crippen LogP contribution in [0.3, 0.4) is 0 Å². The molecular weight excluding hydrogens is 308 g/mol. The maximum Gasteiger partial charge on any atom is 0.230 e. The summed E-state index contributed by atoms with van der Waals surface area (Å²) in [5.74, 6) is -0.832. The zero-order chi connectivity index (χ0) is 13.2. The Morgan fingerprint density at radius 3 is 2.47 bits per heavy atom. The van der Waals surface area contributed by atoms with Gasteiger partial charge in [-0.15, -0.1) is 0 Å². The van der Waals surface area contributed by atoms with Crippen LogP contribution in [0, 0.1) is 0 Å². The molecule has 0 aliphatic carbocycles. The fourth-order valence-corrected chi connectivity index (χ4v) is 1.34. The molecule has 0 aliphatic rings. The van der Waals surface area contributed by atoms with Crippen molar-refractivity contribution in [1.29, 1.82) is 0 Å². The molecule has 3 N–H and O–H groups in total. The predicted molar refractivity (Wildman–Crippen MR) is 70.0 cm³/mol. The second-order valence-electron chi connectivity index (χ2n) is 3.12. The number of benzene rings is 1. The van der Waals surface area contributed by atoms with E-state index in [9.17, 15) is 9.90 Å². The van der Waals surface area contributed by atoms with Crippen LogP contribution in [0.2, 0.25) is 5.02 Å². The Kier molecular flexibility index (Phi) is 4.55. The summed E-state index contributed by atoms with van der Waals surface area (Å²) in [4.78, 5) is 11.7. The molecule has 0 fully saturated rings. The van der Waals surface area contributed by atoms with Crippen molar-refractivity contribution in [2.75, 3.05) is 0 Å². The number of hydrogen-bond donors (Lipinski definition) is 2. The fraction of sp³-hybridized carbons (Fsp3) is 0.100. The largest absolute Gasteiger partial charge is 0.507 e. The molecule has 7 heteroatoms. The molecule has 1 rings (SSSR count). The third kappa shape index (κ3) is 3.96. The number of alkyl halides is 3. The molecule has 1 aromatic carbocycles. The van der Waals surface area contributed by atoms with E-state index in [-0.39, 0.29) is 17.0 Å². The Balaban J connectivity index is 3.10. The maximum atomic E-state index is 11.7. The van der Waals surface area contributed by atoms with Crippen molar-refractivity contribution in [1.82, 2.24) is 0 Å². The molecule has 1 aromatic rings. The molecule has 0 radical (unpaired) electrons. The number of aromatic hydroxyl groups is 1. The van der Waals surface area contributed by atoms with Crippen molar-refractivity contribution in [3.8, 4) is 5.75 Å². The van der Waals surface area contributed by atoms with Gasteiger partial charge in [0.1, 0.15) is 5.75 Å². The summed E-state index contributed by atoms with van der Waals surface area (Å²) in [7, 11) is 0. The van der Waals surface area contributed by atoms with Gasteiger partial charge >= 0.3 is 0 Å². The first-order valence-corrected chi connectivity index (χ1v) is 5.80. The van der Waals surface area contributed by atoms with E-state index in [1.807, 2.05) is 0 Å². The smallest absolute Gasteiger partial charge is 0.230 e.